The average molecular weight is 297 g/mol. The Morgan fingerprint density at radius 1 is 1.35 bits per heavy atom. The van der Waals surface area contributed by atoms with E-state index in [1.54, 1.807) is 13.0 Å². The molecular formula is C14H19NO4S. The predicted molar refractivity (Wildman–Crippen MR) is 75.2 cm³/mol. The quantitative estimate of drug-likeness (QED) is 0.873. The molecule has 0 aromatic heterocycles. The van der Waals surface area contributed by atoms with Crippen LogP contribution in [0.15, 0.2) is 29.2 Å². The van der Waals surface area contributed by atoms with Gasteiger partial charge in [-0.2, -0.15) is 4.31 Å². The molecule has 110 valence electrons. The molecule has 2 rings (SSSR count). The van der Waals surface area contributed by atoms with Crippen molar-refractivity contribution >= 4 is 16.0 Å². The number of sulfonamides is 1. The maximum absolute atomic E-state index is 12.6. The molecular weight excluding hydrogens is 278 g/mol. The normalized spacial score (nSPS) is 16.1. The van der Waals surface area contributed by atoms with Gasteiger partial charge < -0.3 is 5.11 Å². The summed E-state index contributed by atoms with van der Waals surface area (Å²) in [5.74, 6) is -0.814. The van der Waals surface area contributed by atoms with Gasteiger partial charge in [-0.15, -0.1) is 0 Å². The Bertz CT molecular complexity index is 593. The molecule has 1 aliphatic rings. The standard InChI is InChI=1S/C14H19NO4S/c1-2-15(10-11-6-5-7-11)20(18,19)13-9-4-3-8-12(13)14(16)17/h3-4,8-9,11H,2,5-7,10H2,1H3,(H,16,17). The Morgan fingerprint density at radius 2 is 2.00 bits per heavy atom. The van der Waals surface area contributed by atoms with Gasteiger partial charge in [-0.1, -0.05) is 25.5 Å². The molecule has 0 saturated heterocycles. The molecule has 1 N–H and O–H groups in total. The lowest BCUT2D eigenvalue weighted by Gasteiger charge is -2.31. The van der Waals surface area contributed by atoms with Crippen molar-refractivity contribution in [2.75, 3.05) is 13.1 Å². The molecule has 0 radical (unpaired) electrons. The Hall–Kier alpha value is -1.40. The second-order valence-corrected chi connectivity index (χ2v) is 6.96. The largest absolute Gasteiger partial charge is 0.478 e. The second-order valence-electron chi connectivity index (χ2n) is 5.05. The Morgan fingerprint density at radius 3 is 2.50 bits per heavy atom. The lowest BCUT2D eigenvalue weighted by atomic mass is 9.85. The van der Waals surface area contributed by atoms with E-state index in [0.29, 0.717) is 19.0 Å². The summed E-state index contributed by atoms with van der Waals surface area (Å²) in [5.41, 5.74) is -0.167. The zero-order chi connectivity index (χ0) is 14.8. The fourth-order valence-electron chi connectivity index (χ4n) is 2.37. The minimum Gasteiger partial charge on any atom is -0.478 e. The monoisotopic (exact) mass is 297 g/mol. The van der Waals surface area contributed by atoms with Crippen LogP contribution >= 0.6 is 0 Å². The molecule has 0 atom stereocenters. The van der Waals surface area contributed by atoms with E-state index in [9.17, 15) is 13.2 Å². The maximum Gasteiger partial charge on any atom is 0.337 e. The highest BCUT2D eigenvalue weighted by Gasteiger charge is 2.31. The summed E-state index contributed by atoms with van der Waals surface area (Å²) in [6.07, 6.45) is 3.24. The van der Waals surface area contributed by atoms with Crippen LogP contribution in [-0.4, -0.2) is 36.9 Å². The van der Waals surface area contributed by atoms with E-state index in [1.807, 2.05) is 0 Å². The Kier molecular flexibility index (Phi) is 4.45. The number of hydrogen-bond donors (Lipinski definition) is 1. The van der Waals surface area contributed by atoms with Crippen LogP contribution < -0.4 is 0 Å². The van der Waals surface area contributed by atoms with Gasteiger partial charge in [-0.3, -0.25) is 0 Å². The molecule has 0 spiro atoms. The number of nitrogens with zero attached hydrogens (tertiary/aromatic N) is 1. The first kappa shape index (κ1) is 15.0. The zero-order valence-electron chi connectivity index (χ0n) is 11.4. The summed E-state index contributed by atoms with van der Waals surface area (Å²) in [6, 6.07) is 5.77. The highest BCUT2D eigenvalue weighted by Crippen LogP contribution is 2.29. The molecule has 0 heterocycles. The number of benzene rings is 1. The number of carboxylic acid groups (broad SMARTS) is 1. The number of hydrogen-bond acceptors (Lipinski definition) is 3. The summed E-state index contributed by atoms with van der Waals surface area (Å²) in [6.45, 7) is 2.61. The van der Waals surface area contributed by atoms with Crippen molar-refractivity contribution in [2.45, 2.75) is 31.1 Å². The van der Waals surface area contributed by atoms with Crippen LogP contribution in [0, 0.1) is 5.92 Å². The minimum atomic E-state index is -3.75. The van der Waals surface area contributed by atoms with Crippen LogP contribution in [0.5, 0.6) is 0 Å². The predicted octanol–water partition coefficient (Wildman–Crippen LogP) is 2.20. The molecule has 0 bridgehead atoms. The number of carboxylic acids is 1. The molecule has 0 amide bonds. The lowest BCUT2D eigenvalue weighted by molar-refractivity contribution is 0.0692. The zero-order valence-corrected chi connectivity index (χ0v) is 12.3. The molecule has 1 aliphatic carbocycles. The van der Waals surface area contributed by atoms with Crippen molar-refractivity contribution in [1.29, 1.82) is 0 Å². The van der Waals surface area contributed by atoms with Crippen molar-refractivity contribution in [3.05, 3.63) is 29.8 Å². The van der Waals surface area contributed by atoms with Gasteiger partial charge in [0, 0.05) is 13.1 Å². The number of rotatable bonds is 6. The first-order valence-electron chi connectivity index (χ1n) is 6.79. The van der Waals surface area contributed by atoms with Crippen LogP contribution in [0.1, 0.15) is 36.5 Å². The maximum atomic E-state index is 12.6. The number of carbonyl (C=O) groups is 1. The Labute approximate surface area is 119 Å². The fraction of sp³-hybridized carbons (Fsp3) is 0.500. The highest BCUT2D eigenvalue weighted by molar-refractivity contribution is 7.89. The van der Waals surface area contributed by atoms with Gasteiger partial charge >= 0.3 is 5.97 Å². The molecule has 1 fully saturated rings. The van der Waals surface area contributed by atoms with E-state index >= 15 is 0 Å². The number of aromatic carboxylic acids is 1. The van der Waals surface area contributed by atoms with Crippen molar-refractivity contribution in [1.82, 2.24) is 4.31 Å². The third kappa shape index (κ3) is 2.86. The van der Waals surface area contributed by atoms with E-state index in [0.717, 1.165) is 19.3 Å². The Balaban J connectivity index is 2.34. The molecule has 1 saturated carbocycles. The second kappa shape index (κ2) is 5.93. The summed E-state index contributed by atoms with van der Waals surface area (Å²) < 4.78 is 26.6. The van der Waals surface area contributed by atoms with Gasteiger partial charge in [0.05, 0.1) is 10.5 Å². The molecule has 1 aromatic rings. The van der Waals surface area contributed by atoms with E-state index in [1.165, 1.54) is 22.5 Å². The molecule has 1 aromatic carbocycles. The fourth-order valence-corrected chi connectivity index (χ4v) is 4.08. The van der Waals surface area contributed by atoms with Gasteiger partial charge in [-0.05, 0) is 30.9 Å². The smallest absolute Gasteiger partial charge is 0.337 e. The average Bonchev–Trinajstić information content (AvgIpc) is 2.37. The van der Waals surface area contributed by atoms with Crippen molar-refractivity contribution in [3.8, 4) is 0 Å². The summed E-state index contributed by atoms with van der Waals surface area (Å²) in [7, 11) is -3.75. The van der Waals surface area contributed by atoms with Crippen LogP contribution in [0.25, 0.3) is 0 Å². The van der Waals surface area contributed by atoms with E-state index in [4.69, 9.17) is 5.11 Å². The van der Waals surface area contributed by atoms with E-state index in [2.05, 4.69) is 0 Å². The first-order chi connectivity index (χ1) is 9.46. The third-order valence-electron chi connectivity index (χ3n) is 3.77. The molecule has 20 heavy (non-hydrogen) atoms. The first-order valence-corrected chi connectivity index (χ1v) is 8.23. The van der Waals surface area contributed by atoms with Crippen LogP contribution in [0.3, 0.4) is 0 Å². The van der Waals surface area contributed by atoms with Crippen molar-refractivity contribution in [2.24, 2.45) is 5.92 Å². The SMILES string of the molecule is CCN(CC1CCC1)S(=O)(=O)c1ccccc1C(=O)O. The summed E-state index contributed by atoms with van der Waals surface area (Å²) in [4.78, 5) is 11.1. The van der Waals surface area contributed by atoms with E-state index < -0.39 is 16.0 Å². The minimum absolute atomic E-state index is 0.117. The van der Waals surface area contributed by atoms with Gasteiger partial charge in [0.15, 0.2) is 0 Å². The highest BCUT2D eigenvalue weighted by atomic mass is 32.2. The van der Waals surface area contributed by atoms with Gasteiger partial charge in [0.1, 0.15) is 0 Å². The van der Waals surface area contributed by atoms with E-state index in [-0.39, 0.29) is 10.5 Å². The van der Waals surface area contributed by atoms with Crippen molar-refractivity contribution < 1.29 is 18.3 Å². The lowest BCUT2D eigenvalue weighted by Crippen LogP contribution is -2.37. The molecule has 0 unspecified atom stereocenters. The third-order valence-corrected chi connectivity index (χ3v) is 5.77. The topological polar surface area (TPSA) is 74.7 Å². The summed E-state index contributed by atoms with van der Waals surface area (Å²) >= 11 is 0. The van der Waals surface area contributed by atoms with Crippen LogP contribution in [-0.2, 0) is 10.0 Å². The van der Waals surface area contributed by atoms with Crippen LogP contribution in [0.4, 0.5) is 0 Å². The summed E-state index contributed by atoms with van der Waals surface area (Å²) in [5, 5.41) is 9.14. The van der Waals surface area contributed by atoms with Gasteiger partial charge in [0.2, 0.25) is 10.0 Å². The van der Waals surface area contributed by atoms with Gasteiger partial charge in [0.25, 0.3) is 0 Å². The molecule has 5 nitrogen and oxygen atoms in total. The van der Waals surface area contributed by atoms with Crippen molar-refractivity contribution in [3.63, 3.8) is 0 Å². The van der Waals surface area contributed by atoms with Gasteiger partial charge in [-0.25, -0.2) is 13.2 Å². The molecule has 0 aliphatic heterocycles. The van der Waals surface area contributed by atoms with Crippen LogP contribution in [0.2, 0.25) is 0 Å². The molecule has 6 heteroatoms.